The number of carboxylic acids is 1. The fraction of sp³-hybridized carbons (Fsp3) is 0.529. The number of benzene rings is 1. The lowest BCUT2D eigenvalue weighted by molar-refractivity contribution is -0.384. The number of hydrogen-bond acceptors (Lipinski definition) is 5. The van der Waals surface area contributed by atoms with E-state index >= 15 is 0 Å². The molecule has 0 unspecified atom stereocenters. The zero-order valence-corrected chi connectivity index (χ0v) is 14.5. The molecule has 0 aliphatic carbocycles. The van der Waals surface area contributed by atoms with Crippen LogP contribution in [-0.2, 0) is 16.0 Å². The van der Waals surface area contributed by atoms with Gasteiger partial charge in [-0.05, 0) is 39.2 Å². The summed E-state index contributed by atoms with van der Waals surface area (Å²) in [6.07, 6.45) is 0.269. The van der Waals surface area contributed by atoms with Crippen molar-refractivity contribution < 1.29 is 24.4 Å². The first-order valence-corrected chi connectivity index (χ1v) is 8.02. The van der Waals surface area contributed by atoms with E-state index < -0.39 is 28.1 Å². The molecule has 8 nitrogen and oxygen atoms in total. The van der Waals surface area contributed by atoms with E-state index in [1.807, 2.05) is 0 Å². The number of non-ortho nitro benzene ring substituents is 1. The summed E-state index contributed by atoms with van der Waals surface area (Å²) in [6.45, 7) is 5.47. The Kier molecular flexibility index (Phi) is 5.01. The molecule has 1 aliphatic rings. The summed E-state index contributed by atoms with van der Waals surface area (Å²) in [5, 5.41) is 20.6. The molecule has 0 radical (unpaired) electrons. The SMILES string of the molecule is CC(C)(C)OC(=O)N1CCC[C@@]1(Cc1ccc([N+](=O)[O-])cc1)C(=O)O. The highest BCUT2D eigenvalue weighted by molar-refractivity contribution is 5.85. The van der Waals surface area contributed by atoms with Crippen LogP contribution in [0.25, 0.3) is 0 Å². The first kappa shape index (κ1) is 18.7. The molecule has 8 heteroatoms. The molecule has 136 valence electrons. The quantitative estimate of drug-likeness (QED) is 0.660. The van der Waals surface area contributed by atoms with Crippen molar-refractivity contribution in [1.82, 2.24) is 4.90 Å². The Labute approximate surface area is 145 Å². The van der Waals surface area contributed by atoms with Crippen molar-refractivity contribution in [1.29, 1.82) is 0 Å². The molecule has 1 heterocycles. The number of rotatable bonds is 4. The number of hydrogen-bond donors (Lipinski definition) is 1. The van der Waals surface area contributed by atoms with Gasteiger partial charge in [-0.25, -0.2) is 9.59 Å². The average molecular weight is 350 g/mol. The number of carbonyl (C=O) groups excluding carboxylic acids is 1. The molecular weight excluding hydrogens is 328 g/mol. The maximum absolute atomic E-state index is 12.5. The smallest absolute Gasteiger partial charge is 0.411 e. The van der Waals surface area contributed by atoms with E-state index in [1.165, 1.54) is 29.2 Å². The minimum absolute atomic E-state index is 0.0662. The monoisotopic (exact) mass is 350 g/mol. The standard InChI is InChI=1S/C17H22N2O6/c1-16(2,3)25-15(22)18-10-4-9-17(18,14(20)21)11-12-5-7-13(8-6-12)19(23)24/h5-8H,4,9-11H2,1-3H3,(H,20,21)/t17-/m1/s1. The molecule has 2 rings (SSSR count). The first-order chi connectivity index (χ1) is 11.5. The van der Waals surface area contributed by atoms with Gasteiger partial charge in [0, 0.05) is 25.1 Å². The summed E-state index contributed by atoms with van der Waals surface area (Å²) in [6, 6.07) is 5.71. The van der Waals surface area contributed by atoms with Gasteiger partial charge in [-0.1, -0.05) is 12.1 Å². The first-order valence-electron chi connectivity index (χ1n) is 8.02. The molecule has 0 bridgehead atoms. The van der Waals surface area contributed by atoms with Crippen LogP contribution in [0.1, 0.15) is 39.2 Å². The van der Waals surface area contributed by atoms with Crippen LogP contribution in [0, 0.1) is 10.1 Å². The number of aliphatic carboxylic acids is 1. The van der Waals surface area contributed by atoms with Crippen LogP contribution >= 0.6 is 0 Å². The second-order valence-electron chi connectivity index (χ2n) is 7.17. The molecule has 1 aromatic carbocycles. The van der Waals surface area contributed by atoms with Gasteiger partial charge in [0.15, 0.2) is 0 Å². The molecule has 1 amide bonds. The minimum Gasteiger partial charge on any atom is -0.479 e. The van der Waals surface area contributed by atoms with E-state index in [0.29, 0.717) is 24.9 Å². The van der Waals surface area contributed by atoms with Crippen molar-refractivity contribution in [3.8, 4) is 0 Å². The molecule has 0 aromatic heterocycles. The Bertz CT molecular complexity index is 679. The number of nitro groups is 1. The van der Waals surface area contributed by atoms with Crippen molar-refractivity contribution in [2.24, 2.45) is 0 Å². The lowest BCUT2D eigenvalue weighted by Crippen LogP contribution is -2.55. The number of ether oxygens (including phenoxy) is 1. The van der Waals surface area contributed by atoms with Gasteiger partial charge in [0.25, 0.3) is 5.69 Å². The summed E-state index contributed by atoms with van der Waals surface area (Å²) in [5.41, 5.74) is -1.58. The molecule has 0 saturated carbocycles. The average Bonchev–Trinajstić information content (AvgIpc) is 2.91. The zero-order chi connectivity index (χ0) is 18.8. The van der Waals surface area contributed by atoms with Crippen molar-refractivity contribution in [3.05, 3.63) is 39.9 Å². The van der Waals surface area contributed by atoms with Gasteiger partial charge in [0.2, 0.25) is 0 Å². The highest BCUT2D eigenvalue weighted by atomic mass is 16.6. The molecule has 0 spiro atoms. The number of nitrogens with zero attached hydrogens (tertiary/aromatic N) is 2. The Morgan fingerprint density at radius 3 is 2.40 bits per heavy atom. The molecular formula is C17H22N2O6. The maximum Gasteiger partial charge on any atom is 0.411 e. The maximum atomic E-state index is 12.5. The van der Waals surface area contributed by atoms with Crippen LogP contribution in [0.5, 0.6) is 0 Å². The summed E-state index contributed by atoms with van der Waals surface area (Å²) in [4.78, 5) is 36.0. The zero-order valence-electron chi connectivity index (χ0n) is 14.5. The highest BCUT2D eigenvalue weighted by Gasteiger charge is 2.51. The number of carboxylic acid groups (broad SMARTS) is 1. The molecule has 1 N–H and O–H groups in total. The summed E-state index contributed by atoms with van der Waals surface area (Å²) >= 11 is 0. The lowest BCUT2D eigenvalue weighted by Gasteiger charge is -2.36. The lowest BCUT2D eigenvalue weighted by atomic mass is 9.88. The van der Waals surface area contributed by atoms with Gasteiger partial charge >= 0.3 is 12.1 Å². The van der Waals surface area contributed by atoms with Crippen LogP contribution in [0.2, 0.25) is 0 Å². The molecule has 1 aromatic rings. The minimum atomic E-state index is -1.40. The second kappa shape index (κ2) is 6.70. The number of carbonyl (C=O) groups is 2. The third kappa shape index (κ3) is 4.07. The molecule has 1 saturated heterocycles. The van der Waals surface area contributed by atoms with E-state index in [0.717, 1.165) is 0 Å². The fourth-order valence-corrected chi connectivity index (χ4v) is 3.02. The molecule has 1 fully saturated rings. The van der Waals surface area contributed by atoms with Gasteiger partial charge in [-0.15, -0.1) is 0 Å². The largest absolute Gasteiger partial charge is 0.479 e. The van der Waals surface area contributed by atoms with E-state index in [4.69, 9.17) is 4.74 Å². The second-order valence-corrected chi connectivity index (χ2v) is 7.17. The van der Waals surface area contributed by atoms with Gasteiger partial charge in [-0.3, -0.25) is 15.0 Å². The third-order valence-corrected chi connectivity index (χ3v) is 4.14. The highest BCUT2D eigenvalue weighted by Crippen LogP contribution is 2.35. The molecule has 25 heavy (non-hydrogen) atoms. The summed E-state index contributed by atoms with van der Waals surface area (Å²) in [5.74, 6) is -1.10. The Balaban J connectivity index is 2.29. The third-order valence-electron chi connectivity index (χ3n) is 4.14. The summed E-state index contributed by atoms with van der Waals surface area (Å²) in [7, 11) is 0. The van der Waals surface area contributed by atoms with Crippen LogP contribution < -0.4 is 0 Å². The van der Waals surface area contributed by atoms with E-state index in [-0.39, 0.29) is 12.1 Å². The number of likely N-dealkylation sites (tertiary alicyclic amines) is 1. The van der Waals surface area contributed by atoms with E-state index in [2.05, 4.69) is 0 Å². The van der Waals surface area contributed by atoms with Crippen molar-refractivity contribution in [2.45, 2.75) is 51.2 Å². The normalized spacial score (nSPS) is 20.4. The topological polar surface area (TPSA) is 110 Å². The van der Waals surface area contributed by atoms with Crippen molar-refractivity contribution in [3.63, 3.8) is 0 Å². The van der Waals surface area contributed by atoms with Gasteiger partial charge < -0.3 is 9.84 Å². The number of nitro benzene ring substituents is 1. The van der Waals surface area contributed by atoms with Crippen LogP contribution in [0.3, 0.4) is 0 Å². The number of amides is 1. The van der Waals surface area contributed by atoms with Crippen LogP contribution in [0.15, 0.2) is 24.3 Å². The van der Waals surface area contributed by atoms with Crippen LogP contribution in [-0.4, -0.2) is 44.7 Å². The Morgan fingerprint density at radius 1 is 1.32 bits per heavy atom. The van der Waals surface area contributed by atoms with Crippen molar-refractivity contribution in [2.75, 3.05) is 6.54 Å². The molecule has 1 aliphatic heterocycles. The molecule has 1 atom stereocenters. The fourth-order valence-electron chi connectivity index (χ4n) is 3.02. The van der Waals surface area contributed by atoms with Crippen LogP contribution in [0.4, 0.5) is 10.5 Å². The van der Waals surface area contributed by atoms with E-state index in [9.17, 15) is 24.8 Å². The van der Waals surface area contributed by atoms with Gasteiger partial charge in [0.05, 0.1) is 4.92 Å². The Morgan fingerprint density at radius 2 is 1.92 bits per heavy atom. The predicted molar refractivity (Wildman–Crippen MR) is 89.3 cm³/mol. The van der Waals surface area contributed by atoms with Crippen molar-refractivity contribution >= 4 is 17.7 Å². The van der Waals surface area contributed by atoms with Gasteiger partial charge in [0.1, 0.15) is 11.1 Å². The van der Waals surface area contributed by atoms with Gasteiger partial charge in [-0.2, -0.15) is 0 Å². The van der Waals surface area contributed by atoms with E-state index in [1.54, 1.807) is 20.8 Å². The summed E-state index contributed by atoms with van der Waals surface area (Å²) < 4.78 is 5.35. The Hall–Kier alpha value is -2.64. The predicted octanol–water partition coefficient (Wildman–Crippen LogP) is 2.99.